The number of carboxylic acids is 1. The quantitative estimate of drug-likeness (QED) is 0.862. The van der Waals surface area contributed by atoms with Crippen molar-refractivity contribution in [1.82, 2.24) is 0 Å². The monoisotopic (exact) mass is 369 g/mol. The van der Waals surface area contributed by atoms with Crippen molar-refractivity contribution in [2.75, 3.05) is 16.8 Å². The highest BCUT2D eigenvalue weighted by Crippen LogP contribution is 2.31. The summed E-state index contributed by atoms with van der Waals surface area (Å²) < 4.78 is 48.9. The van der Waals surface area contributed by atoms with Crippen LogP contribution in [0.5, 0.6) is 0 Å². The molecule has 24 heavy (non-hydrogen) atoms. The molecule has 2 rings (SSSR count). The molecule has 0 spiro atoms. The minimum absolute atomic E-state index is 0.0657. The average molecular weight is 369 g/mol. The summed E-state index contributed by atoms with van der Waals surface area (Å²) in [6.07, 6.45) is 1.87. The first kappa shape index (κ1) is 18.0. The normalized spacial score (nSPS) is 11.9. The van der Waals surface area contributed by atoms with Crippen LogP contribution in [0.4, 0.5) is 11.4 Å². The van der Waals surface area contributed by atoms with Crippen LogP contribution in [0.15, 0.2) is 53.4 Å². The highest BCUT2D eigenvalue weighted by atomic mass is 32.2. The van der Waals surface area contributed by atoms with Crippen molar-refractivity contribution in [2.24, 2.45) is 0 Å². The Morgan fingerprint density at radius 3 is 1.96 bits per heavy atom. The summed E-state index contributed by atoms with van der Waals surface area (Å²) in [5.74, 6) is -1.36. The predicted octanol–water partition coefficient (Wildman–Crippen LogP) is 1.89. The van der Waals surface area contributed by atoms with Gasteiger partial charge in [-0.1, -0.05) is 18.2 Å². The van der Waals surface area contributed by atoms with Gasteiger partial charge in [0.25, 0.3) is 0 Å². The van der Waals surface area contributed by atoms with E-state index < -0.39 is 25.8 Å². The smallest absolute Gasteiger partial charge is 0.335 e. The van der Waals surface area contributed by atoms with Gasteiger partial charge in [0.05, 0.1) is 28.1 Å². The standard InChI is InChI=1S/C15H15NO6S2/c1-23(19,20)14-9-11(15(17)18)8-13(10-14)16(24(2,21)22)12-6-4-3-5-7-12/h3-10H,1-2H3,(H,17,18). The van der Waals surface area contributed by atoms with Crippen molar-refractivity contribution in [3.63, 3.8) is 0 Å². The predicted molar refractivity (Wildman–Crippen MR) is 89.9 cm³/mol. The summed E-state index contributed by atoms with van der Waals surface area (Å²) in [7, 11) is -7.56. The van der Waals surface area contributed by atoms with E-state index in [-0.39, 0.29) is 21.8 Å². The first-order valence-electron chi connectivity index (χ1n) is 6.64. The maximum Gasteiger partial charge on any atom is 0.335 e. The lowest BCUT2D eigenvalue weighted by Gasteiger charge is -2.23. The molecule has 0 saturated heterocycles. The molecule has 0 unspecified atom stereocenters. The van der Waals surface area contributed by atoms with Crippen LogP contribution in [0.25, 0.3) is 0 Å². The fourth-order valence-corrected chi connectivity index (χ4v) is 3.80. The molecule has 128 valence electrons. The topological polar surface area (TPSA) is 109 Å². The molecule has 2 aromatic carbocycles. The van der Waals surface area contributed by atoms with Gasteiger partial charge in [-0.15, -0.1) is 0 Å². The van der Waals surface area contributed by atoms with E-state index in [0.717, 1.165) is 35.0 Å². The molecule has 7 nitrogen and oxygen atoms in total. The maximum absolute atomic E-state index is 12.2. The number of para-hydroxylation sites is 1. The summed E-state index contributed by atoms with van der Waals surface area (Å²) in [6.45, 7) is 0. The van der Waals surface area contributed by atoms with E-state index in [1.54, 1.807) is 18.2 Å². The molecule has 0 aliphatic rings. The second kappa shape index (κ2) is 6.25. The number of carbonyl (C=O) groups is 1. The van der Waals surface area contributed by atoms with Gasteiger partial charge < -0.3 is 5.11 Å². The molecule has 0 aliphatic heterocycles. The molecule has 9 heteroatoms. The Morgan fingerprint density at radius 2 is 1.50 bits per heavy atom. The fraction of sp³-hybridized carbons (Fsp3) is 0.133. The highest BCUT2D eigenvalue weighted by Gasteiger charge is 2.23. The van der Waals surface area contributed by atoms with Crippen LogP contribution >= 0.6 is 0 Å². The first-order valence-corrected chi connectivity index (χ1v) is 10.4. The lowest BCUT2D eigenvalue weighted by atomic mass is 10.2. The van der Waals surface area contributed by atoms with Gasteiger partial charge in [-0.2, -0.15) is 0 Å². The SMILES string of the molecule is CS(=O)(=O)c1cc(C(=O)O)cc(N(c2ccccc2)S(C)(=O)=O)c1. The van der Waals surface area contributed by atoms with Crippen molar-refractivity contribution >= 4 is 37.2 Å². The van der Waals surface area contributed by atoms with Crippen molar-refractivity contribution in [1.29, 1.82) is 0 Å². The van der Waals surface area contributed by atoms with E-state index in [1.807, 2.05) is 0 Å². The van der Waals surface area contributed by atoms with Crippen LogP contribution in [0.3, 0.4) is 0 Å². The van der Waals surface area contributed by atoms with Gasteiger partial charge in [0.1, 0.15) is 0 Å². The van der Waals surface area contributed by atoms with Gasteiger partial charge in [-0.25, -0.2) is 25.9 Å². The Kier molecular flexibility index (Phi) is 4.68. The van der Waals surface area contributed by atoms with Gasteiger partial charge in [-0.05, 0) is 30.3 Å². The molecule has 0 atom stereocenters. The number of benzene rings is 2. The zero-order chi connectivity index (χ0) is 18.1. The number of hydrogen-bond acceptors (Lipinski definition) is 5. The lowest BCUT2D eigenvalue weighted by molar-refractivity contribution is 0.0696. The number of nitrogens with zero attached hydrogens (tertiary/aromatic N) is 1. The maximum atomic E-state index is 12.2. The summed E-state index contributed by atoms with van der Waals surface area (Å²) >= 11 is 0. The number of sulfonamides is 1. The van der Waals surface area contributed by atoms with E-state index in [2.05, 4.69) is 0 Å². The van der Waals surface area contributed by atoms with Crippen LogP contribution in [0.2, 0.25) is 0 Å². The third-order valence-electron chi connectivity index (χ3n) is 3.12. The minimum Gasteiger partial charge on any atom is -0.478 e. The number of aromatic carboxylic acids is 1. The van der Waals surface area contributed by atoms with E-state index in [0.29, 0.717) is 0 Å². The van der Waals surface area contributed by atoms with Gasteiger partial charge in [0, 0.05) is 6.26 Å². The molecule has 0 aromatic heterocycles. The summed E-state index contributed by atoms with van der Waals surface area (Å²) in [6, 6.07) is 11.2. The molecular formula is C15H15NO6S2. The Hall–Kier alpha value is -2.39. The zero-order valence-corrected chi connectivity index (χ0v) is 14.5. The van der Waals surface area contributed by atoms with E-state index in [9.17, 15) is 26.7 Å². The summed E-state index contributed by atoms with van der Waals surface area (Å²) in [4.78, 5) is 11.0. The highest BCUT2D eigenvalue weighted by molar-refractivity contribution is 7.92. The van der Waals surface area contributed by atoms with Crippen LogP contribution in [0, 0.1) is 0 Å². The molecule has 2 aromatic rings. The second-order valence-electron chi connectivity index (χ2n) is 5.16. The number of carboxylic acid groups (broad SMARTS) is 1. The molecule has 0 bridgehead atoms. The fourth-order valence-electron chi connectivity index (χ4n) is 2.13. The van der Waals surface area contributed by atoms with Crippen LogP contribution in [-0.4, -0.2) is 40.4 Å². The Balaban J connectivity index is 2.80. The van der Waals surface area contributed by atoms with E-state index in [4.69, 9.17) is 0 Å². The second-order valence-corrected chi connectivity index (χ2v) is 9.00. The Labute approximate surface area is 140 Å². The van der Waals surface area contributed by atoms with Gasteiger partial charge in [-0.3, -0.25) is 0 Å². The zero-order valence-electron chi connectivity index (χ0n) is 12.9. The van der Waals surface area contributed by atoms with Crippen LogP contribution in [-0.2, 0) is 19.9 Å². The molecule has 0 aliphatic carbocycles. The largest absolute Gasteiger partial charge is 0.478 e. The molecule has 0 radical (unpaired) electrons. The van der Waals surface area contributed by atoms with Crippen LogP contribution < -0.4 is 4.31 Å². The number of anilines is 2. The third-order valence-corrected chi connectivity index (χ3v) is 5.30. The Bertz CT molecular complexity index is 982. The van der Waals surface area contributed by atoms with E-state index in [1.165, 1.54) is 12.1 Å². The van der Waals surface area contributed by atoms with Crippen molar-refractivity contribution in [2.45, 2.75) is 4.90 Å². The van der Waals surface area contributed by atoms with Gasteiger partial charge >= 0.3 is 5.97 Å². The number of hydrogen-bond donors (Lipinski definition) is 1. The van der Waals surface area contributed by atoms with E-state index >= 15 is 0 Å². The lowest BCUT2D eigenvalue weighted by Crippen LogP contribution is -2.25. The average Bonchev–Trinajstić information content (AvgIpc) is 2.45. The summed E-state index contributed by atoms with van der Waals surface area (Å²) in [5.41, 5.74) is -0.122. The molecule has 0 saturated carbocycles. The molecule has 0 fully saturated rings. The molecule has 0 heterocycles. The third kappa shape index (κ3) is 3.92. The van der Waals surface area contributed by atoms with Crippen LogP contribution in [0.1, 0.15) is 10.4 Å². The Morgan fingerprint density at radius 1 is 0.917 bits per heavy atom. The van der Waals surface area contributed by atoms with Crippen molar-refractivity contribution in [3.8, 4) is 0 Å². The van der Waals surface area contributed by atoms with Crippen molar-refractivity contribution in [3.05, 3.63) is 54.1 Å². The van der Waals surface area contributed by atoms with Gasteiger partial charge in [0.2, 0.25) is 10.0 Å². The molecular weight excluding hydrogens is 354 g/mol. The van der Waals surface area contributed by atoms with Crippen molar-refractivity contribution < 1.29 is 26.7 Å². The number of rotatable bonds is 5. The van der Waals surface area contributed by atoms with Gasteiger partial charge in [0.15, 0.2) is 9.84 Å². The number of sulfone groups is 1. The molecule has 1 N–H and O–H groups in total. The minimum atomic E-state index is -3.83. The molecule has 0 amide bonds. The first-order chi connectivity index (χ1) is 11.0. The summed E-state index contributed by atoms with van der Waals surface area (Å²) in [5, 5.41) is 9.19.